The molecular weight excluding hydrogens is 196 g/mol. The minimum Gasteiger partial charge on any atom is -0.487 e. The summed E-state index contributed by atoms with van der Waals surface area (Å²) in [6, 6.07) is 3.69. The number of thiophene rings is 1. The van der Waals surface area contributed by atoms with E-state index in [1.165, 1.54) is 23.1 Å². The number of methoxy groups -OCH3 is 1. The molecule has 1 heterocycles. The summed E-state index contributed by atoms with van der Waals surface area (Å²) < 4.78 is 5.93. The summed E-state index contributed by atoms with van der Waals surface area (Å²) in [6.07, 6.45) is 0. The van der Waals surface area contributed by atoms with Crippen LogP contribution in [0.25, 0.3) is 0 Å². The summed E-state index contributed by atoms with van der Waals surface area (Å²) in [4.78, 5) is 10.2. The van der Waals surface area contributed by atoms with E-state index in [1.54, 1.807) is 7.11 Å². The van der Waals surface area contributed by atoms with Crippen LogP contribution in [-0.4, -0.2) is 23.9 Å². The van der Waals surface area contributed by atoms with Crippen molar-refractivity contribution in [1.82, 2.24) is 0 Å². The highest BCUT2D eigenvalue weighted by Gasteiger charge is 2.02. The van der Waals surface area contributed by atoms with E-state index in [0.29, 0.717) is 0 Å². The highest BCUT2D eigenvalue weighted by molar-refractivity contribution is 8.01. The van der Waals surface area contributed by atoms with Gasteiger partial charge in [0.05, 0.1) is 17.1 Å². The Kier molecular flexibility index (Phi) is 3.43. The van der Waals surface area contributed by atoms with Gasteiger partial charge in [0, 0.05) is 0 Å². The van der Waals surface area contributed by atoms with Gasteiger partial charge in [-0.05, 0) is 12.1 Å². The van der Waals surface area contributed by atoms with Crippen LogP contribution in [0.1, 0.15) is 0 Å². The molecule has 0 spiro atoms. The number of thioether (sulfide) groups is 1. The molecule has 5 heteroatoms. The number of carboxylic acids is 1. The maximum Gasteiger partial charge on any atom is 0.313 e. The van der Waals surface area contributed by atoms with Gasteiger partial charge in [0.2, 0.25) is 0 Å². The molecule has 0 atom stereocenters. The molecule has 0 aliphatic rings. The Morgan fingerprint density at radius 1 is 1.75 bits per heavy atom. The first kappa shape index (κ1) is 9.41. The summed E-state index contributed by atoms with van der Waals surface area (Å²) in [5.74, 6) is -0.698. The van der Waals surface area contributed by atoms with Gasteiger partial charge in [-0.25, -0.2) is 0 Å². The van der Waals surface area contributed by atoms with Crippen molar-refractivity contribution >= 4 is 29.1 Å². The second-order valence-corrected chi connectivity index (χ2v) is 4.28. The van der Waals surface area contributed by atoms with Crippen LogP contribution in [0.15, 0.2) is 16.3 Å². The topological polar surface area (TPSA) is 46.5 Å². The Morgan fingerprint density at radius 3 is 3.00 bits per heavy atom. The monoisotopic (exact) mass is 204 g/mol. The van der Waals surface area contributed by atoms with Crippen molar-refractivity contribution in [3.63, 3.8) is 0 Å². The summed E-state index contributed by atoms with van der Waals surface area (Å²) in [7, 11) is 1.59. The molecule has 3 nitrogen and oxygen atoms in total. The Labute approximate surface area is 78.4 Å². The molecule has 0 unspecified atom stereocenters. The molecule has 0 bridgehead atoms. The number of carbonyl (C=O) groups is 1. The number of carboxylic acid groups (broad SMARTS) is 1. The first-order valence-corrected chi connectivity index (χ1v) is 5.01. The van der Waals surface area contributed by atoms with E-state index in [4.69, 9.17) is 9.84 Å². The Bertz CT molecular complexity index is 269. The van der Waals surface area contributed by atoms with Crippen LogP contribution in [0.4, 0.5) is 0 Å². The van der Waals surface area contributed by atoms with Crippen molar-refractivity contribution in [3.05, 3.63) is 12.1 Å². The van der Waals surface area contributed by atoms with Crippen molar-refractivity contribution in [2.24, 2.45) is 0 Å². The van der Waals surface area contributed by atoms with Crippen LogP contribution in [0.2, 0.25) is 0 Å². The lowest BCUT2D eigenvalue weighted by molar-refractivity contribution is -0.133. The molecule has 66 valence electrons. The van der Waals surface area contributed by atoms with Crippen LogP contribution in [-0.2, 0) is 4.79 Å². The molecular formula is C7H8O3S2. The lowest BCUT2D eigenvalue weighted by Gasteiger charge is -1.91. The summed E-state index contributed by atoms with van der Waals surface area (Å²) in [5, 5.41) is 9.20. The predicted molar refractivity (Wildman–Crippen MR) is 49.2 cm³/mol. The first-order chi connectivity index (χ1) is 5.72. The van der Waals surface area contributed by atoms with Gasteiger partial charge >= 0.3 is 5.97 Å². The largest absolute Gasteiger partial charge is 0.487 e. The fourth-order valence-electron chi connectivity index (χ4n) is 0.623. The molecule has 1 aromatic heterocycles. The summed E-state index contributed by atoms with van der Waals surface area (Å²) >= 11 is 2.76. The van der Waals surface area contributed by atoms with Crippen LogP contribution < -0.4 is 4.74 Å². The summed E-state index contributed by atoms with van der Waals surface area (Å²) in [5.41, 5.74) is 0. The molecule has 1 N–H and O–H groups in total. The number of rotatable bonds is 4. The van der Waals surface area contributed by atoms with E-state index in [9.17, 15) is 4.79 Å². The number of hydrogen-bond donors (Lipinski definition) is 1. The van der Waals surface area contributed by atoms with Crippen LogP contribution >= 0.6 is 23.1 Å². The smallest absolute Gasteiger partial charge is 0.313 e. The van der Waals surface area contributed by atoms with E-state index in [-0.39, 0.29) is 5.75 Å². The van der Waals surface area contributed by atoms with Crippen molar-refractivity contribution < 1.29 is 14.6 Å². The fraction of sp³-hybridized carbons (Fsp3) is 0.286. The zero-order valence-electron chi connectivity index (χ0n) is 6.44. The second kappa shape index (κ2) is 4.37. The Balaban J connectivity index is 2.47. The van der Waals surface area contributed by atoms with Gasteiger partial charge in [-0.15, -0.1) is 11.8 Å². The number of hydrogen-bond acceptors (Lipinski definition) is 4. The minimum absolute atomic E-state index is 0.101. The van der Waals surface area contributed by atoms with Gasteiger partial charge in [-0.3, -0.25) is 4.79 Å². The molecule has 0 aromatic carbocycles. The average molecular weight is 204 g/mol. The zero-order chi connectivity index (χ0) is 8.97. The molecule has 0 aliphatic carbocycles. The molecule has 0 fully saturated rings. The third-order valence-electron chi connectivity index (χ3n) is 1.10. The zero-order valence-corrected chi connectivity index (χ0v) is 8.08. The van der Waals surface area contributed by atoms with Crippen molar-refractivity contribution in [2.75, 3.05) is 12.9 Å². The molecule has 12 heavy (non-hydrogen) atoms. The minimum atomic E-state index is -0.799. The maximum absolute atomic E-state index is 10.2. The van der Waals surface area contributed by atoms with Crippen molar-refractivity contribution in [3.8, 4) is 5.06 Å². The average Bonchev–Trinajstić information content (AvgIpc) is 2.48. The van der Waals surface area contributed by atoms with Gasteiger partial charge in [0.1, 0.15) is 0 Å². The molecule has 1 aromatic rings. The Morgan fingerprint density at radius 2 is 2.50 bits per heavy atom. The highest BCUT2D eigenvalue weighted by Crippen LogP contribution is 2.31. The van der Waals surface area contributed by atoms with Gasteiger partial charge in [0.25, 0.3) is 0 Å². The maximum atomic E-state index is 10.2. The molecule has 0 saturated carbocycles. The van der Waals surface area contributed by atoms with E-state index < -0.39 is 5.97 Å². The van der Waals surface area contributed by atoms with E-state index >= 15 is 0 Å². The Hall–Kier alpha value is -0.680. The van der Waals surface area contributed by atoms with Gasteiger partial charge in [-0.1, -0.05) is 11.3 Å². The van der Waals surface area contributed by atoms with E-state index in [1.807, 2.05) is 12.1 Å². The van der Waals surface area contributed by atoms with E-state index in [2.05, 4.69) is 0 Å². The van der Waals surface area contributed by atoms with Crippen molar-refractivity contribution in [2.45, 2.75) is 4.21 Å². The molecule has 0 amide bonds. The van der Waals surface area contributed by atoms with E-state index in [0.717, 1.165) is 9.27 Å². The SMILES string of the molecule is COc1ccc(SCC(=O)O)s1. The fourth-order valence-corrected chi connectivity index (χ4v) is 2.27. The van der Waals surface area contributed by atoms with Gasteiger partial charge < -0.3 is 9.84 Å². The number of ether oxygens (including phenoxy) is 1. The second-order valence-electron chi connectivity index (χ2n) is 1.96. The molecule has 0 saturated heterocycles. The summed E-state index contributed by atoms with van der Waals surface area (Å²) in [6.45, 7) is 0. The third kappa shape index (κ3) is 2.75. The van der Waals surface area contributed by atoms with Gasteiger partial charge in [-0.2, -0.15) is 0 Å². The standard InChI is InChI=1S/C7H8O3S2/c1-10-6-2-3-7(12-6)11-4-5(8)9/h2-3H,4H2,1H3,(H,8,9). The van der Waals surface area contributed by atoms with Crippen LogP contribution in [0, 0.1) is 0 Å². The van der Waals surface area contributed by atoms with Crippen LogP contribution in [0.5, 0.6) is 5.06 Å². The molecule has 1 rings (SSSR count). The third-order valence-corrected chi connectivity index (χ3v) is 3.35. The van der Waals surface area contributed by atoms with Crippen LogP contribution in [0.3, 0.4) is 0 Å². The molecule has 0 aliphatic heterocycles. The highest BCUT2D eigenvalue weighted by atomic mass is 32.2. The lowest BCUT2D eigenvalue weighted by Crippen LogP contribution is -1.96. The lowest BCUT2D eigenvalue weighted by atomic mass is 10.6. The molecule has 0 radical (unpaired) electrons. The first-order valence-electron chi connectivity index (χ1n) is 3.21. The predicted octanol–water partition coefficient (Wildman–Crippen LogP) is 1.93. The van der Waals surface area contributed by atoms with Gasteiger partial charge in [0.15, 0.2) is 5.06 Å². The van der Waals surface area contributed by atoms with Crippen molar-refractivity contribution in [1.29, 1.82) is 0 Å². The number of aliphatic carboxylic acids is 1. The quantitative estimate of drug-likeness (QED) is 0.761. The normalized spacial score (nSPS) is 9.75.